The molecule has 5 atom stereocenters. The van der Waals surface area contributed by atoms with Crippen LogP contribution in [0.2, 0.25) is 0 Å². The molecule has 0 spiro atoms. The molecule has 0 bridgehead atoms. The average Bonchev–Trinajstić information content (AvgIpc) is 2.75. The van der Waals surface area contributed by atoms with Gasteiger partial charge in [-0.05, 0) is 80.1 Å². The van der Waals surface area contributed by atoms with E-state index in [-0.39, 0.29) is 10.8 Å². The van der Waals surface area contributed by atoms with Gasteiger partial charge in [-0.25, -0.2) is 0 Å². The molecule has 0 amide bonds. The molecule has 2 nitrogen and oxygen atoms in total. The third-order valence-corrected chi connectivity index (χ3v) is 7.94. The average molecular weight is 288 g/mol. The molecule has 3 fully saturated rings. The Morgan fingerprint density at radius 1 is 1.05 bits per heavy atom. The van der Waals surface area contributed by atoms with Gasteiger partial charge >= 0.3 is 0 Å². The summed E-state index contributed by atoms with van der Waals surface area (Å²) in [5.41, 5.74) is 1.28. The number of ketones is 1. The zero-order chi connectivity index (χ0) is 14.9. The Bertz CT molecular complexity index is 522. The lowest BCUT2D eigenvalue weighted by atomic mass is 9.46. The molecule has 3 saturated carbocycles. The van der Waals surface area contributed by atoms with Gasteiger partial charge in [0.05, 0.1) is 5.60 Å². The van der Waals surface area contributed by atoms with Crippen molar-refractivity contribution in [3.05, 3.63) is 11.6 Å². The van der Waals surface area contributed by atoms with Crippen molar-refractivity contribution in [3.8, 4) is 0 Å². The second kappa shape index (κ2) is 4.22. The standard InChI is InChI=1S/C19H28O2/c1-17-8-3-9-19(17,21)16-5-4-13-12-14(20)6-11-18(13,2)15(16)7-10-17/h12,15-16,21H,3-11H2,1-2H3/t15-,16+,17+,18+,19+/m1/s1. The fraction of sp³-hybridized carbons (Fsp3) is 0.842. The molecule has 4 rings (SSSR count). The van der Waals surface area contributed by atoms with Crippen molar-refractivity contribution >= 4 is 5.78 Å². The van der Waals surface area contributed by atoms with Gasteiger partial charge in [-0.3, -0.25) is 4.79 Å². The largest absolute Gasteiger partial charge is 0.389 e. The number of hydrogen-bond acceptors (Lipinski definition) is 2. The molecular formula is C19H28O2. The lowest BCUT2D eigenvalue weighted by molar-refractivity contribution is -0.173. The first-order valence-electron chi connectivity index (χ1n) is 8.85. The molecule has 1 N–H and O–H groups in total. The Hall–Kier alpha value is -0.630. The predicted octanol–water partition coefficient (Wildman–Crippen LogP) is 4.02. The highest BCUT2D eigenvalue weighted by Crippen LogP contribution is 2.66. The van der Waals surface area contributed by atoms with E-state index in [1.54, 1.807) is 0 Å². The topological polar surface area (TPSA) is 37.3 Å². The quantitative estimate of drug-likeness (QED) is 0.731. The number of allylic oxidation sites excluding steroid dienone is 1. The van der Waals surface area contributed by atoms with Gasteiger partial charge in [-0.1, -0.05) is 19.4 Å². The van der Waals surface area contributed by atoms with Crippen molar-refractivity contribution in [1.29, 1.82) is 0 Å². The number of carbonyl (C=O) groups is 1. The molecule has 4 aliphatic rings. The van der Waals surface area contributed by atoms with Gasteiger partial charge in [0.1, 0.15) is 0 Å². The van der Waals surface area contributed by atoms with Crippen LogP contribution in [0.4, 0.5) is 0 Å². The number of carbonyl (C=O) groups excluding carboxylic acids is 1. The summed E-state index contributed by atoms with van der Waals surface area (Å²) in [6.45, 7) is 4.71. The molecule has 116 valence electrons. The van der Waals surface area contributed by atoms with Crippen LogP contribution in [0.5, 0.6) is 0 Å². The van der Waals surface area contributed by atoms with Crippen LogP contribution < -0.4 is 0 Å². The summed E-state index contributed by atoms with van der Waals surface area (Å²) >= 11 is 0. The highest BCUT2D eigenvalue weighted by Gasteiger charge is 2.63. The van der Waals surface area contributed by atoms with E-state index in [0.717, 1.165) is 25.7 Å². The van der Waals surface area contributed by atoms with Crippen LogP contribution in [0.1, 0.15) is 71.6 Å². The van der Waals surface area contributed by atoms with Crippen molar-refractivity contribution in [2.45, 2.75) is 77.2 Å². The van der Waals surface area contributed by atoms with E-state index in [4.69, 9.17) is 0 Å². The molecule has 0 aromatic carbocycles. The Kier molecular flexibility index (Phi) is 2.81. The molecule has 2 heteroatoms. The second-order valence-electron chi connectivity index (χ2n) is 8.68. The van der Waals surface area contributed by atoms with Crippen molar-refractivity contribution in [1.82, 2.24) is 0 Å². The summed E-state index contributed by atoms with van der Waals surface area (Å²) in [6.07, 6.45) is 11.6. The predicted molar refractivity (Wildman–Crippen MR) is 82.8 cm³/mol. The van der Waals surface area contributed by atoms with Crippen LogP contribution in [0.3, 0.4) is 0 Å². The first-order chi connectivity index (χ1) is 9.89. The second-order valence-corrected chi connectivity index (χ2v) is 8.68. The fourth-order valence-corrected chi connectivity index (χ4v) is 6.52. The molecule has 0 saturated heterocycles. The van der Waals surface area contributed by atoms with E-state index in [9.17, 15) is 9.90 Å². The van der Waals surface area contributed by atoms with Gasteiger partial charge in [0.2, 0.25) is 0 Å². The van der Waals surface area contributed by atoms with Crippen molar-refractivity contribution in [2.75, 3.05) is 0 Å². The van der Waals surface area contributed by atoms with Crippen molar-refractivity contribution < 1.29 is 9.90 Å². The van der Waals surface area contributed by atoms with E-state index in [1.165, 1.54) is 31.3 Å². The lowest BCUT2D eigenvalue weighted by Gasteiger charge is -2.60. The summed E-state index contributed by atoms with van der Waals surface area (Å²) in [5, 5.41) is 11.5. The molecule has 0 aromatic heterocycles. The third kappa shape index (κ3) is 1.66. The van der Waals surface area contributed by atoms with Crippen LogP contribution in [-0.2, 0) is 4.79 Å². The van der Waals surface area contributed by atoms with Crippen LogP contribution in [0.15, 0.2) is 11.6 Å². The molecule has 0 aliphatic heterocycles. The van der Waals surface area contributed by atoms with Gasteiger partial charge in [0.25, 0.3) is 0 Å². The third-order valence-electron chi connectivity index (χ3n) is 7.94. The molecule has 0 unspecified atom stereocenters. The highest BCUT2D eigenvalue weighted by atomic mass is 16.3. The maximum atomic E-state index is 11.8. The monoisotopic (exact) mass is 288 g/mol. The SMILES string of the molecule is C[C@@]12CCC[C@]1(O)[C@H]1CCC3=CC(=O)CC[C@]3(C)[C@@H]1CC2. The Balaban J connectivity index is 1.74. The summed E-state index contributed by atoms with van der Waals surface area (Å²) in [5.74, 6) is 1.36. The van der Waals surface area contributed by atoms with Crippen LogP contribution in [0.25, 0.3) is 0 Å². The minimum Gasteiger partial charge on any atom is -0.389 e. The van der Waals surface area contributed by atoms with Gasteiger partial charge in [0.15, 0.2) is 5.78 Å². The van der Waals surface area contributed by atoms with E-state index in [1.807, 2.05) is 6.08 Å². The molecule has 4 aliphatic carbocycles. The zero-order valence-corrected chi connectivity index (χ0v) is 13.5. The Labute approximate surface area is 128 Å². The van der Waals surface area contributed by atoms with E-state index < -0.39 is 5.60 Å². The summed E-state index contributed by atoms with van der Waals surface area (Å²) < 4.78 is 0. The van der Waals surface area contributed by atoms with Crippen LogP contribution >= 0.6 is 0 Å². The molecule has 21 heavy (non-hydrogen) atoms. The minimum absolute atomic E-state index is 0.149. The molecule has 0 radical (unpaired) electrons. The normalized spacial score (nSPS) is 52.7. The number of hydrogen-bond donors (Lipinski definition) is 1. The van der Waals surface area contributed by atoms with Gasteiger partial charge < -0.3 is 5.11 Å². The summed E-state index contributed by atoms with van der Waals surface area (Å²) in [7, 11) is 0. The maximum Gasteiger partial charge on any atom is 0.155 e. The summed E-state index contributed by atoms with van der Waals surface area (Å²) in [4.78, 5) is 11.8. The molecule has 0 heterocycles. The van der Waals surface area contributed by atoms with Gasteiger partial charge in [-0.2, -0.15) is 0 Å². The lowest BCUT2D eigenvalue weighted by Crippen LogP contribution is -2.59. The first kappa shape index (κ1) is 14.0. The first-order valence-corrected chi connectivity index (χ1v) is 8.85. The summed E-state index contributed by atoms with van der Waals surface area (Å²) in [6, 6.07) is 0. The smallest absolute Gasteiger partial charge is 0.155 e. The van der Waals surface area contributed by atoms with Gasteiger partial charge in [-0.15, -0.1) is 0 Å². The van der Waals surface area contributed by atoms with Crippen LogP contribution in [0, 0.1) is 22.7 Å². The fourth-order valence-electron chi connectivity index (χ4n) is 6.52. The molecular weight excluding hydrogens is 260 g/mol. The Morgan fingerprint density at radius 3 is 2.67 bits per heavy atom. The van der Waals surface area contributed by atoms with Crippen LogP contribution in [-0.4, -0.2) is 16.5 Å². The Morgan fingerprint density at radius 2 is 1.86 bits per heavy atom. The number of aliphatic hydroxyl groups is 1. The van der Waals surface area contributed by atoms with E-state index in [2.05, 4.69) is 13.8 Å². The number of fused-ring (bicyclic) bond motifs is 5. The van der Waals surface area contributed by atoms with Crippen molar-refractivity contribution in [3.63, 3.8) is 0 Å². The zero-order valence-electron chi connectivity index (χ0n) is 13.5. The highest BCUT2D eigenvalue weighted by molar-refractivity contribution is 5.91. The van der Waals surface area contributed by atoms with Gasteiger partial charge in [0, 0.05) is 6.42 Å². The minimum atomic E-state index is -0.439. The van der Waals surface area contributed by atoms with E-state index >= 15 is 0 Å². The van der Waals surface area contributed by atoms with Crippen molar-refractivity contribution in [2.24, 2.45) is 22.7 Å². The van der Waals surface area contributed by atoms with E-state index in [0.29, 0.717) is 24.0 Å². The maximum absolute atomic E-state index is 11.8. The number of rotatable bonds is 0. The molecule has 0 aromatic rings.